The molecular weight excluding hydrogens is 438 g/mol. The Bertz CT molecular complexity index is 768. The van der Waals surface area contributed by atoms with Crippen LogP contribution in [0.25, 0.3) is 0 Å². The van der Waals surface area contributed by atoms with Gasteiger partial charge in [0.25, 0.3) is 0 Å². The summed E-state index contributed by atoms with van der Waals surface area (Å²) in [6, 6.07) is 11.4. The average Bonchev–Trinajstić information content (AvgIpc) is 2.48. The molecule has 2 atom stereocenters. The second-order valence-corrected chi connectivity index (χ2v) is 10.3. The number of aryl methyl sites for hydroxylation is 1. The average molecular weight is 460 g/mol. The first-order valence-electron chi connectivity index (χ1n) is 7.63. The number of benzene rings is 2. The predicted molar refractivity (Wildman–Crippen MR) is 106 cm³/mol. The minimum Gasteiger partial charge on any atom is -0.508 e. The molecule has 4 nitrogen and oxygen atoms in total. The predicted octanol–water partition coefficient (Wildman–Crippen LogP) is 5.02. The lowest BCUT2D eigenvalue weighted by Crippen LogP contribution is -1.99. The summed E-state index contributed by atoms with van der Waals surface area (Å²) in [5, 5.41) is 9.92. The van der Waals surface area contributed by atoms with Crippen LogP contribution in [0.1, 0.15) is 33.1 Å². The summed E-state index contributed by atoms with van der Waals surface area (Å²) in [6.07, 6.45) is 0.579. The van der Waals surface area contributed by atoms with Crippen LogP contribution in [0.4, 0.5) is 0 Å². The first kappa shape index (κ1) is 19.3. The highest BCUT2D eigenvalue weighted by Gasteiger charge is 2.12. The maximum absolute atomic E-state index is 11.3. The van der Waals surface area contributed by atoms with Crippen LogP contribution in [-0.4, -0.2) is 23.0 Å². The molecule has 0 saturated carbocycles. The minimum atomic E-state index is -3.18. The molecule has 130 valence electrons. The molecule has 2 aromatic rings. The summed E-state index contributed by atoms with van der Waals surface area (Å²) < 4.78 is 16.9. The Balaban J connectivity index is 2.16. The van der Waals surface area contributed by atoms with Crippen LogP contribution >= 0.6 is 30.0 Å². The lowest BCUT2D eigenvalue weighted by molar-refractivity contribution is 0.352. The summed E-state index contributed by atoms with van der Waals surface area (Å²) in [5.41, 5.74) is 4.29. The molecule has 0 aliphatic rings. The molecule has 0 saturated heterocycles. The van der Waals surface area contributed by atoms with Crippen molar-refractivity contribution in [2.45, 2.75) is 24.2 Å². The Morgan fingerprint density at radius 1 is 1.25 bits per heavy atom. The molecule has 0 bridgehead atoms. The molecule has 0 amide bonds. The number of alkyl halides is 1. The fourth-order valence-electron chi connectivity index (χ4n) is 2.40. The smallest absolute Gasteiger partial charge is 0.233 e. The second-order valence-electron chi connectivity index (χ2n) is 6.10. The molecule has 0 aliphatic carbocycles. The molecule has 2 N–H and O–H groups in total. The van der Waals surface area contributed by atoms with Gasteiger partial charge in [-0.25, -0.2) is 0 Å². The summed E-state index contributed by atoms with van der Waals surface area (Å²) >= 11 is 2.29. The van der Waals surface area contributed by atoms with Crippen LogP contribution < -0.4 is 4.74 Å². The molecular formula is C18H22IO4P. The van der Waals surface area contributed by atoms with E-state index in [0.717, 1.165) is 28.7 Å². The van der Waals surface area contributed by atoms with E-state index in [4.69, 9.17) is 4.74 Å². The molecule has 0 aromatic heterocycles. The highest BCUT2D eigenvalue weighted by Crippen LogP contribution is 2.36. The quantitative estimate of drug-likeness (QED) is 0.361. The molecule has 6 heteroatoms. The van der Waals surface area contributed by atoms with Crippen LogP contribution in [0, 0.1) is 6.92 Å². The largest absolute Gasteiger partial charge is 0.508 e. The topological polar surface area (TPSA) is 66.8 Å². The molecule has 2 aromatic carbocycles. The number of phenols is 1. The van der Waals surface area contributed by atoms with Crippen molar-refractivity contribution in [3.05, 3.63) is 58.7 Å². The van der Waals surface area contributed by atoms with Crippen LogP contribution in [0.2, 0.25) is 0 Å². The van der Waals surface area contributed by atoms with Gasteiger partial charge in [-0.2, -0.15) is 0 Å². The van der Waals surface area contributed by atoms with E-state index in [0.29, 0.717) is 11.5 Å². The third kappa shape index (κ3) is 5.50. The maximum Gasteiger partial charge on any atom is 0.233 e. The van der Waals surface area contributed by atoms with Crippen molar-refractivity contribution < 1.29 is 19.3 Å². The van der Waals surface area contributed by atoms with E-state index in [1.807, 2.05) is 44.2 Å². The molecule has 0 radical (unpaired) electrons. The van der Waals surface area contributed by atoms with Gasteiger partial charge in [-0.3, -0.25) is 4.57 Å². The molecule has 24 heavy (non-hydrogen) atoms. The van der Waals surface area contributed by atoms with Gasteiger partial charge in [0, 0.05) is 16.2 Å². The van der Waals surface area contributed by atoms with Gasteiger partial charge in [0.05, 0.1) is 0 Å². The van der Waals surface area contributed by atoms with E-state index in [1.165, 1.54) is 6.66 Å². The van der Waals surface area contributed by atoms with Crippen molar-refractivity contribution >= 4 is 30.0 Å². The first-order chi connectivity index (χ1) is 11.2. The second kappa shape index (κ2) is 7.89. The summed E-state index contributed by atoms with van der Waals surface area (Å²) in [7, 11) is -3.18. The van der Waals surface area contributed by atoms with Gasteiger partial charge in [0.15, 0.2) is 6.35 Å². The van der Waals surface area contributed by atoms with E-state index in [1.54, 1.807) is 6.07 Å². The standard InChI is InChI=1S/C18H22IO4P/c1-12-8-16(23-11-24(3,21)22)6-5-15(12)9-14-4-7-18(20)17(10-14)13(2)19/h4-8,10,13,20H,9,11H2,1-3H3,(H,21,22). The Morgan fingerprint density at radius 3 is 2.54 bits per heavy atom. The van der Waals surface area contributed by atoms with Crippen LogP contribution in [0.5, 0.6) is 11.5 Å². The highest BCUT2D eigenvalue weighted by molar-refractivity contribution is 14.1. The number of phenolic OH excluding ortho intramolecular Hbond substituents is 1. The van der Waals surface area contributed by atoms with Crippen LogP contribution in [0.15, 0.2) is 36.4 Å². The van der Waals surface area contributed by atoms with Crippen LogP contribution in [-0.2, 0) is 11.0 Å². The fraction of sp³-hybridized carbons (Fsp3) is 0.333. The van der Waals surface area contributed by atoms with Gasteiger partial charge in [0.1, 0.15) is 11.5 Å². The number of hydrogen-bond acceptors (Lipinski definition) is 3. The monoisotopic (exact) mass is 460 g/mol. The lowest BCUT2D eigenvalue weighted by Gasteiger charge is -2.13. The Labute approximate surface area is 156 Å². The number of hydrogen-bond donors (Lipinski definition) is 2. The minimum absolute atomic E-state index is 0.180. The highest BCUT2D eigenvalue weighted by atomic mass is 127. The van der Waals surface area contributed by atoms with E-state index in [-0.39, 0.29) is 10.3 Å². The van der Waals surface area contributed by atoms with Gasteiger partial charge >= 0.3 is 0 Å². The van der Waals surface area contributed by atoms with E-state index >= 15 is 0 Å². The molecule has 0 aliphatic heterocycles. The maximum atomic E-state index is 11.3. The zero-order chi connectivity index (χ0) is 17.9. The molecule has 2 rings (SSSR count). The number of ether oxygens (including phenoxy) is 1. The normalized spacial score (nSPS) is 14.9. The van der Waals surface area contributed by atoms with Gasteiger partial charge in [-0.05, 0) is 55.2 Å². The molecule has 0 fully saturated rings. The van der Waals surface area contributed by atoms with E-state index in [2.05, 4.69) is 22.6 Å². The zero-order valence-electron chi connectivity index (χ0n) is 14.0. The third-order valence-corrected chi connectivity index (χ3v) is 4.98. The number of halogens is 1. The summed E-state index contributed by atoms with van der Waals surface area (Å²) in [6.45, 7) is 5.32. The lowest BCUT2D eigenvalue weighted by atomic mass is 9.98. The molecule has 0 spiro atoms. The number of rotatable bonds is 6. The fourth-order valence-corrected chi connectivity index (χ4v) is 3.29. The third-order valence-electron chi connectivity index (χ3n) is 3.70. The Hall–Kier alpha value is -1.04. The van der Waals surface area contributed by atoms with E-state index < -0.39 is 7.37 Å². The van der Waals surface area contributed by atoms with Gasteiger partial charge in [0.2, 0.25) is 7.37 Å². The van der Waals surface area contributed by atoms with Crippen LogP contribution in [0.3, 0.4) is 0 Å². The molecule has 0 heterocycles. The number of aromatic hydroxyl groups is 1. The summed E-state index contributed by atoms with van der Waals surface area (Å²) in [4.78, 5) is 9.30. The van der Waals surface area contributed by atoms with Crippen molar-refractivity contribution in [2.24, 2.45) is 0 Å². The summed E-state index contributed by atoms with van der Waals surface area (Å²) in [5.74, 6) is 0.925. The SMILES string of the molecule is Cc1cc(OCP(C)(=O)O)ccc1Cc1ccc(O)c(C(C)I)c1. The van der Waals surface area contributed by atoms with Crippen molar-refractivity contribution in [3.8, 4) is 11.5 Å². The Morgan fingerprint density at radius 2 is 1.96 bits per heavy atom. The van der Waals surface area contributed by atoms with Gasteiger partial charge < -0.3 is 14.7 Å². The van der Waals surface area contributed by atoms with Crippen molar-refractivity contribution in [3.63, 3.8) is 0 Å². The molecule has 2 unspecified atom stereocenters. The van der Waals surface area contributed by atoms with Crippen molar-refractivity contribution in [2.75, 3.05) is 13.0 Å². The van der Waals surface area contributed by atoms with E-state index in [9.17, 15) is 14.6 Å². The van der Waals surface area contributed by atoms with Crippen molar-refractivity contribution in [1.29, 1.82) is 0 Å². The van der Waals surface area contributed by atoms with Gasteiger partial charge in [-0.1, -0.05) is 40.8 Å². The first-order valence-corrected chi connectivity index (χ1v) is 11.2. The zero-order valence-corrected chi connectivity index (χ0v) is 17.0. The van der Waals surface area contributed by atoms with Crippen molar-refractivity contribution in [1.82, 2.24) is 0 Å². The Kier molecular flexibility index (Phi) is 6.34. The van der Waals surface area contributed by atoms with Gasteiger partial charge in [-0.15, -0.1) is 0 Å².